The summed E-state index contributed by atoms with van der Waals surface area (Å²) in [6, 6.07) is 4.23. The average molecular weight is 570 g/mol. The van der Waals surface area contributed by atoms with Crippen molar-refractivity contribution < 1.29 is 14.6 Å². The van der Waals surface area contributed by atoms with Crippen LogP contribution in [0.1, 0.15) is 57.0 Å². The number of aryl methyl sites for hydroxylation is 1. The van der Waals surface area contributed by atoms with E-state index in [1.54, 1.807) is 6.20 Å². The summed E-state index contributed by atoms with van der Waals surface area (Å²) in [5.41, 5.74) is 5.11. The van der Waals surface area contributed by atoms with E-state index in [-0.39, 0.29) is 36.2 Å². The molecule has 9 nitrogen and oxygen atoms in total. The lowest BCUT2D eigenvalue weighted by Crippen LogP contribution is -2.49. The van der Waals surface area contributed by atoms with Gasteiger partial charge >= 0.3 is 0 Å². The molecule has 2 aliphatic rings. The van der Waals surface area contributed by atoms with Crippen LogP contribution in [-0.4, -0.2) is 75.2 Å². The van der Waals surface area contributed by atoms with E-state index in [0.717, 1.165) is 27.9 Å². The minimum absolute atomic E-state index is 0.0507. The summed E-state index contributed by atoms with van der Waals surface area (Å²) in [4.78, 5) is 25.3. The largest absolute Gasteiger partial charge is 0.389 e. The molecule has 40 heavy (non-hydrogen) atoms. The van der Waals surface area contributed by atoms with Gasteiger partial charge in [-0.25, -0.2) is 9.97 Å². The van der Waals surface area contributed by atoms with Crippen LogP contribution in [0, 0.1) is 13.8 Å². The molecule has 0 saturated carbocycles. The maximum atomic E-state index is 13.7. The molecular formula is C30H40ClN5O4. The van der Waals surface area contributed by atoms with Crippen LogP contribution in [0.15, 0.2) is 23.1 Å². The second kappa shape index (κ2) is 11.7. The molecule has 5 rings (SSSR count). The van der Waals surface area contributed by atoms with Gasteiger partial charge in [-0.1, -0.05) is 17.7 Å². The number of pyridine rings is 1. The van der Waals surface area contributed by atoms with Crippen LogP contribution in [-0.2, 0) is 16.0 Å². The number of fused-ring (bicyclic) bond motifs is 1. The average Bonchev–Trinajstić information content (AvgIpc) is 2.91. The molecule has 0 unspecified atom stereocenters. The molecule has 0 aliphatic carbocycles. The topological polar surface area (TPSA) is 102 Å². The number of hydrogen-bond acceptors (Lipinski definition) is 8. The summed E-state index contributed by atoms with van der Waals surface area (Å²) >= 11 is 6.67. The number of ether oxygens (including phenoxy) is 2. The lowest BCUT2D eigenvalue weighted by Gasteiger charge is -2.40. The normalized spacial score (nSPS) is 24.1. The molecule has 10 heteroatoms. The highest BCUT2D eigenvalue weighted by Gasteiger charge is 2.29. The molecule has 2 aliphatic heterocycles. The molecule has 0 amide bonds. The van der Waals surface area contributed by atoms with Crippen LogP contribution in [0.5, 0.6) is 0 Å². The highest BCUT2D eigenvalue weighted by Crippen LogP contribution is 2.35. The molecule has 0 spiro atoms. The van der Waals surface area contributed by atoms with Crippen LogP contribution in [0.3, 0.4) is 0 Å². The van der Waals surface area contributed by atoms with Crippen molar-refractivity contribution in [3.05, 3.63) is 50.4 Å². The predicted molar refractivity (Wildman–Crippen MR) is 158 cm³/mol. The minimum Gasteiger partial charge on any atom is -0.389 e. The first-order valence-corrected chi connectivity index (χ1v) is 14.5. The molecule has 0 radical (unpaired) electrons. The fraction of sp³-hybridized carbons (Fsp3) is 0.567. The Kier molecular flexibility index (Phi) is 8.50. The molecule has 1 aromatic carbocycles. The summed E-state index contributed by atoms with van der Waals surface area (Å²) in [7, 11) is 0. The number of anilines is 1. The molecule has 0 bridgehead atoms. The van der Waals surface area contributed by atoms with Crippen LogP contribution in [0.25, 0.3) is 22.2 Å². The van der Waals surface area contributed by atoms with Gasteiger partial charge in [0, 0.05) is 53.5 Å². The number of aliphatic hydroxyl groups is 1. The number of aliphatic hydroxyl groups excluding tert-OH is 1. The van der Waals surface area contributed by atoms with Gasteiger partial charge in [0.05, 0.1) is 54.4 Å². The molecular weight excluding hydrogens is 530 g/mol. The highest BCUT2D eigenvalue weighted by molar-refractivity contribution is 6.33. The summed E-state index contributed by atoms with van der Waals surface area (Å²) in [5.74, 6) is 0.394. The van der Waals surface area contributed by atoms with Crippen molar-refractivity contribution in [2.75, 3.05) is 31.7 Å². The first-order valence-electron chi connectivity index (χ1n) is 14.1. The van der Waals surface area contributed by atoms with Crippen molar-refractivity contribution in [1.29, 1.82) is 0 Å². The van der Waals surface area contributed by atoms with Crippen molar-refractivity contribution in [2.24, 2.45) is 0 Å². The molecule has 4 atom stereocenters. The Morgan fingerprint density at radius 3 is 2.52 bits per heavy atom. The number of nitrogens with zero attached hydrogens (tertiary/aromatic N) is 4. The van der Waals surface area contributed by atoms with Gasteiger partial charge in [-0.3, -0.25) is 9.69 Å². The SMILES string of the molecule is Cc1c(CN2[C@H](C)COC[C@@H]2C)n(C(C)C)c2c(C)c(-c3nc(N[C@@H]4CCOC[C@H]4O)ncc3Cl)ccc2c1=O. The Bertz CT molecular complexity index is 1450. The monoisotopic (exact) mass is 569 g/mol. The number of benzene rings is 1. The molecule has 2 aromatic heterocycles. The van der Waals surface area contributed by atoms with Gasteiger partial charge < -0.3 is 24.5 Å². The second-order valence-electron chi connectivity index (χ2n) is 11.5. The van der Waals surface area contributed by atoms with Gasteiger partial charge in [-0.05, 0) is 59.6 Å². The molecule has 3 aromatic rings. The molecule has 2 fully saturated rings. The van der Waals surface area contributed by atoms with Gasteiger partial charge in [0.15, 0.2) is 5.43 Å². The first kappa shape index (κ1) is 29.0. The predicted octanol–water partition coefficient (Wildman–Crippen LogP) is 4.48. The van der Waals surface area contributed by atoms with E-state index in [1.807, 2.05) is 26.0 Å². The Balaban J connectivity index is 1.64. The van der Waals surface area contributed by atoms with E-state index >= 15 is 0 Å². The van der Waals surface area contributed by atoms with E-state index < -0.39 is 6.10 Å². The second-order valence-corrected chi connectivity index (χ2v) is 11.9. The van der Waals surface area contributed by atoms with Crippen molar-refractivity contribution in [3.8, 4) is 11.3 Å². The quantitative estimate of drug-likeness (QED) is 0.448. The Morgan fingerprint density at radius 2 is 1.85 bits per heavy atom. The maximum absolute atomic E-state index is 13.7. The van der Waals surface area contributed by atoms with Crippen molar-refractivity contribution >= 4 is 28.5 Å². The number of halogens is 1. The summed E-state index contributed by atoms with van der Waals surface area (Å²) in [6.45, 7) is 15.5. The minimum atomic E-state index is -0.641. The zero-order valence-electron chi connectivity index (χ0n) is 24.2. The Hall–Kier alpha value is -2.56. The number of nitrogens with one attached hydrogen (secondary N) is 1. The lowest BCUT2D eigenvalue weighted by molar-refractivity contribution is -0.0420. The number of morpholine rings is 1. The van der Waals surface area contributed by atoms with Crippen LogP contribution in [0.2, 0.25) is 5.02 Å². The summed E-state index contributed by atoms with van der Waals surface area (Å²) < 4.78 is 13.4. The van der Waals surface area contributed by atoms with Crippen molar-refractivity contribution in [2.45, 2.75) is 84.8 Å². The third kappa shape index (κ3) is 5.37. The van der Waals surface area contributed by atoms with Gasteiger partial charge in [-0.2, -0.15) is 0 Å². The smallest absolute Gasteiger partial charge is 0.223 e. The Labute approximate surface area is 240 Å². The standard InChI is InChI=1S/C30H40ClN5O4/c1-16(2)36-25(12-35-17(3)13-40-14-18(35)4)20(6)29(38)22-8-7-21(19(5)28(22)36)27-23(31)11-32-30(34-27)33-24-9-10-39-15-26(24)37/h7-8,11,16-18,24,26,37H,9-10,12-15H2,1-6H3,(H,32,33,34)/t17-,18+,24-,26-/m1/s1. The van der Waals surface area contributed by atoms with Crippen LogP contribution in [0.4, 0.5) is 5.95 Å². The van der Waals surface area contributed by atoms with Crippen molar-refractivity contribution in [3.63, 3.8) is 0 Å². The molecule has 4 heterocycles. The summed E-state index contributed by atoms with van der Waals surface area (Å²) in [6.07, 6.45) is 1.59. The van der Waals surface area contributed by atoms with Gasteiger partial charge in [0.1, 0.15) is 0 Å². The molecule has 216 valence electrons. The summed E-state index contributed by atoms with van der Waals surface area (Å²) in [5, 5.41) is 14.7. The number of rotatable bonds is 6. The Morgan fingerprint density at radius 1 is 1.12 bits per heavy atom. The fourth-order valence-corrected chi connectivity index (χ4v) is 6.26. The number of hydrogen-bond donors (Lipinski definition) is 2. The zero-order valence-corrected chi connectivity index (χ0v) is 25.0. The molecule has 2 N–H and O–H groups in total. The van der Waals surface area contributed by atoms with Gasteiger partial charge in [0.25, 0.3) is 0 Å². The third-order valence-electron chi connectivity index (χ3n) is 8.32. The highest BCUT2D eigenvalue weighted by atomic mass is 35.5. The maximum Gasteiger partial charge on any atom is 0.223 e. The van der Waals surface area contributed by atoms with E-state index in [0.29, 0.717) is 54.8 Å². The van der Waals surface area contributed by atoms with Crippen LogP contribution >= 0.6 is 11.6 Å². The number of aromatic nitrogens is 3. The first-order chi connectivity index (χ1) is 19.1. The van der Waals surface area contributed by atoms with Crippen molar-refractivity contribution in [1.82, 2.24) is 19.4 Å². The van der Waals surface area contributed by atoms with Gasteiger partial charge in [0.2, 0.25) is 5.95 Å². The third-order valence-corrected chi connectivity index (χ3v) is 8.60. The zero-order chi connectivity index (χ0) is 28.7. The molecule has 2 saturated heterocycles. The lowest BCUT2D eigenvalue weighted by atomic mass is 9.97. The fourth-order valence-electron chi connectivity index (χ4n) is 6.07. The van der Waals surface area contributed by atoms with E-state index in [9.17, 15) is 9.90 Å². The van der Waals surface area contributed by atoms with E-state index in [2.05, 4.69) is 47.5 Å². The van der Waals surface area contributed by atoms with Crippen LogP contribution < -0.4 is 10.7 Å². The van der Waals surface area contributed by atoms with E-state index in [4.69, 9.17) is 26.1 Å². The van der Waals surface area contributed by atoms with E-state index in [1.165, 1.54) is 0 Å². The van der Waals surface area contributed by atoms with Gasteiger partial charge in [-0.15, -0.1) is 0 Å².